The van der Waals surface area contributed by atoms with Crippen LogP contribution in [0.5, 0.6) is 5.75 Å². The molecule has 0 atom stereocenters. The normalized spacial score (nSPS) is 10.0. The molecule has 2 amide bonds. The van der Waals surface area contributed by atoms with E-state index in [1.54, 1.807) is 18.2 Å². The minimum atomic E-state index is -0.219. The summed E-state index contributed by atoms with van der Waals surface area (Å²) >= 11 is 3.33. The van der Waals surface area contributed by atoms with Crippen LogP contribution in [-0.2, 0) is 4.79 Å². The van der Waals surface area contributed by atoms with E-state index in [2.05, 4.69) is 21.2 Å². The van der Waals surface area contributed by atoms with Crippen molar-refractivity contribution in [2.75, 3.05) is 26.7 Å². The highest BCUT2D eigenvalue weighted by molar-refractivity contribution is 9.10. The summed E-state index contributed by atoms with van der Waals surface area (Å²) < 4.78 is 6.05. The molecule has 110 valence electrons. The van der Waals surface area contributed by atoms with Gasteiger partial charge in [-0.15, -0.1) is 0 Å². The second kappa shape index (κ2) is 7.89. The van der Waals surface area contributed by atoms with Crippen LogP contribution in [0.4, 0.5) is 0 Å². The van der Waals surface area contributed by atoms with E-state index in [4.69, 9.17) is 4.74 Å². The summed E-state index contributed by atoms with van der Waals surface area (Å²) in [6.45, 7) is 4.72. The summed E-state index contributed by atoms with van der Waals surface area (Å²) in [6, 6.07) is 5.19. The highest BCUT2D eigenvalue weighted by atomic mass is 79.9. The first-order chi connectivity index (χ1) is 9.53. The molecule has 0 aliphatic heterocycles. The van der Waals surface area contributed by atoms with Gasteiger partial charge in [0.1, 0.15) is 5.75 Å². The lowest BCUT2D eigenvalue weighted by atomic mass is 10.1. The summed E-state index contributed by atoms with van der Waals surface area (Å²) in [7, 11) is 1.51. The van der Waals surface area contributed by atoms with Crippen molar-refractivity contribution in [3.8, 4) is 5.75 Å². The Morgan fingerprint density at radius 3 is 2.60 bits per heavy atom. The van der Waals surface area contributed by atoms with E-state index in [-0.39, 0.29) is 18.4 Å². The molecule has 0 bridgehead atoms. The Hall–Kier alpha value is -1.56. The number of methoxy groups -OCH3 is 1. The van der Waals surface area contributed by atoms with E-state index in [1.165, 1.54) is 12.0 Å². The van der Waals surface area contributed by atoms with Crippen LogP contribution in [-0.4, -0.2) is 43.5 Å². The lowest BCUT2D eigenvalue weighted by molar-refractivity contribution is -0.121. The zero-order valence-electron chi connectivity index (χ0n) is 11.9. The molecule has 1 rings (SSSR count). The van der Waals surface area contributed by atoms with Crippen molar-refractivity contribution < 1.29 is 14.3 Å². The molecule has 0 spiro atoms. The Morgan fingerprint density at radius 2 is 2.05 bits per heavy atom. The van der Waals surface area contributed by atoms with E-state index in [9.17, 15) is 9.59 Å². The van der Waals surface area contributed by atoms with Crippen LogP contribution in [0.1, 0.15) is 24.2 Å². The van der Waals surface area contributed by atoms with Gasteiger partial charge in [-0.05, 0) is 32.0 Å². The predicted molar refractivity (Wildman–Crippen MR) is 81.0 cm³/mol. The average Bonchev–Trinajstić information content (AvgIpc) is 2.44. The van der Waals surface area contributed by atoms with Crippen LogP contribution in [0.15, 0.2) is 22.7 Å². The van der Waals surface area contributed by atoms with Crippen molar-refractivity contribution in [3.05, 3.63) is 28.2 Å². The summed E-state index contributed by atoms with van der Waals surface area (Å²) in [6.07, 6.45) is 0. The van der Waals surface area contributed by atoms with Crippen molar-refractivity contribution in [2.24, 2.45) is 0 Å². The molecule has 0 fully saturated rings. The number of rotatable bonds is 6. The molecule has 1 aromatic rings. The molecule has 0 radical (unpaired) electrons. The first-order valence-corrected chi connectivity index (χ1v) is 7.22. The molecule has 1 aromatic carbocycles. The van der Waals surface area contributed by atoms with Gasteiger partial charge in [0.25, 0.3) is 5.91 Å². The zero-order valence-corrected chi connectivity index (χ0v) is 13.5. The summed E-state index contributed by atoms with van der Waals surface area (Å²) in [5, 5.41) is 2.68. The highest BCUT2D eigenvalue weighted by Crippen LogP contribution is 2.24. The van der Waals surface area contributed by atoms with Crippen molar-refractivity contribution in [1.29, 1.82) is 0 Å². The fourth-order valence-corrected chi connectivity index (χ4v) is 2.11. The quantitative estimate of drug-likeness (QED) is 0.860. The topological polar surface area (TPSA) is 58.6 Å². The minimum absolute atomic E-state index is 0.0440. The molecule has 0 saturated carbocycles. The summed E-state index contributed by atoms with van der Waals surface area (Å²) in [5.74, 6) is 0.0978. The summed E-state index contributed by atoms with van der Waals surface area (Å²) in [5.41, 5.74) is 0.446. The molecule has 0 heterocycles. The van der Waals surface area contributed by atoms with Crippen molar-refractivity contribution >= 4 is 27.7 Å². The van der Waals surface area contributed by atoms with Crippen LogP contribution in [0.3, 0.4) is 0 Å². The third kappa shape index (κ3) is 4.23. The van der Waals surface area contributed by atoms with Gasteiger partial charge in [-0.1, -0.05) is 15.9 Å². The maximum absolute atomic E-state index is 12.5. The number of amides is 2. The standard InChI is InChI=1S/C14H19BrN2O3/c1-4-16-13(18)9-17(5-2)14(19)11-7-6-10(15)8-12(11)20-3/h6-8H,4-5,9H2,1-3H3,(H,16,18). The molecule has 0 aliphatic carbocycles. The summed E-state index contributed by atoms with van der Waals surface area (Å²) in [4.78, 5) is 25.6. The molecule has 20 heavy (non-hydrogen) atoms. The van der Waals surface area contributed by atoms with Gasteiger partial charge in [0.2, 0.25) is 5.91 Å². The number of carbonyl (C=O) groups is 2. The van der Waals surface area contributed by atoms with E-state index >= 15 is 0 Å². The van der Waals surface area contributed by atoms with Gasteiger partial charge in [0, 0.05) is 17.6 Å². The maximum atomic E-state index is 12.5. The molecule has 6 heteroatoms. The smallest absolute Gasteiger partial charge is 0.258 e. The molecule has 0 aromatic heterocycles. The number of nitrogens with zero attached hydrogens (tertiary/aromatic N) is 1. The van der Waals surface area contributed by atoms with Crippen molar-refractivity contribution in [2.45, 2.75) is 13.8 Å². The second-order valence-corrected chi connectivity index (χ2v) is 5.03. The number of hydrogen-bond donors (Lipinski definition) is 1. The first-order valence-electron chi connectivity index (χ1n) is 6.43. The monoisotopic (exact) mass is 342 g/mol. The number of hydrogen-bond acceptors (Lipinski definition) is 3. The van der Waals surface area contributed by atoms with Crippen LogP contribution in [0.25, 0.3) is 0 Å². The van der Waals surface area contributed by atoms with E-state index in [1.807, 2.05) is 13.8 Å². The lowest BCUT2D eigenvalue weighted by Crippen LogP contribution is -2.40. The minimum Gasteiger partial charge on any atom is -0.496 e. The molecular formula is C14H19BrN2O3. The van der Waals surface area contributed by atoms with Crippen LogP contribution < -0.4 is 10.1 Å². The van der Waals surface area contributed by atoms with Gasteiger partial charge >= 0.3 is 0 Å². The van der Waals surface area contributed by atoms with Gasteiger partial charge in [-0.3, -0.25) is 9.59 Å². The SMILES string of the molecule is CCNC(=O)CN(CC)C(=O)c1ccc(Br)cc1OC. The Balaban J connectivity index is 2.93. The van der Waals surface area contributed by atoms with Gasteiger partial charge in [-0.25, -0.2) is 0 Å². The van der Waals surface area contributed by atoms with E-state index in [0.717, 1.165) is 4.47 Å². The largest absolute Gasteiger partial charge is 0.496 e. The van der Waals surface area contributed by atoms with Crippen LogP contribution in [0.2, 0.25) is 0 Å². The molecule has 0 aliphatic rings. The van der Waals surface area contributed by atoms with E-state index < -0.39 is 0 Å². The number of ether oxygens (including phenoxy) is 1. The number of benzene rings is 1. The Labute approximate surface area is 127 Å². The number of carbonyl (C=O) groups excluding carboxylic acids is 2. The average molecular weight is 343 g/mol. The Bertz CT molecular complexity index is 491. The Kier molecular flexibility index (Phi) is 6.51. The van der Waals surface area contributed by atoms with Gasteiger partial charge in [0.05, 0.1) is 19.2 Å². The molecule has 0 unspecified atom stereocenters. The van der Waals surface area contributed by atoms with Gasteiger partial charge in [0.15, 0.2) is 0 Å². The zero-order chi connectivity index (χ0) is 15.1. The predicted octanol–water partition coefficient (Wildman–Crippen LogP) is 2.06. The second-order valence-electron chi connectivity index (χ2n) is 4.12. The molecule has 1 N–H and O–H groups in total. The Morgan fingerprint density at radius 1 is 1.35 bits per heavy atom. The maximum Gasteiger partial charge on any atom is 0.258 e. The lowest BCUT2D eigenvalue weighted by Gasteiger charge is -2.21. The van der Waals surface area contributed by atoms with Crippen molar-refractivity contribution in [3.63, 3.8) is 0 Å². The van der Waals surface area contributed by atoms with Crippen LogP contribution in [0, 0.1) is 0 Å². The highest BCUT2D eigenvalue weighted by Gasteiger charge is 2.20. The molecule has 0 saturated heterocycles. The van der Waals surface area contributed by atoms with Crippen LogP contribution >= 0.6 is 15.9 Å². The first kappa shape index (κ1) is 16.5. The fourth-order valence-electron chi connectivity index (χ4n) is 1.77. The number of halogens is 1. The third-order valence-electron chi connectivity index (χ3n) is 2.77. The molecular weight excluding hydrogens is 324 g/mol. The third-order valence-corrected chi connectivity index (χ3v) is 3.26. The number of nitrogens with one attached hydrogen (secondary N) is 1. The van der Waals surface area contributed by atoms with Gasteiger partial charge in [-0.2, -0.15) is 0 Å². The fraction of sp³-hybridized carbons (Fsp3) is 0.429. The number of likely N-dealkylation sites (N-methyl/N-ethyl adjacent to an activating group) is 2. The van der Waals surface area contributed by atoms with Crippen molar-refractivity contribution in [1.82, 2.24) is 10.2 Å². The van der Waals surface area contributed by atoms with E-state index in [0.29, 0.717) is 24.4 Å². The van der Waals surface area contributed by atoms with Gasteiger partial charge < -0.3 is 15.0 Å². The molecule has 5 nitrogen and oxygen atoms in total.